The fourth-order valence-corrected chi connectivity index (χ4v) is 2.05. The molecule has 2 aromatic rings. The number of carbonyl (C=O) groups excluding carboxylic acids is 1. The lowest BCUT2D eigenvalue weighted by Gasteiger charge is -2.10. The van der Waals surface area contributed by atoms with Crippen LogP contribution in [0.2, 0.25) is 0 Å². The molecule has 0 aliphatic rings. The van der Waals surface area contributed by atoms with Crippen LogP contribution in [0, 0.1) is 0 Å². The molecule has 2 N–H and O–H groups in total. The molecule has 0 spiro atoms. The molecule has 0 fully saturated rings. The Morgan fingerprint density at radius 3 is 2.94 bits per heavy atom. The Hall–Kier alpha value is -1.26. The Balaban J connectivity index is 2.30. The standard InChI is InChI=1S/C12H14N2OS/c1-13-11(12(15)16)6-8-7-14-10-5-3-2-4-9(8)10/h2-5,7,11,13-14H,6H2,1H3,(H,15,16)/t11-/m0/s1. The molecule has 0 bridgehead atoms. The van der Waals surface area contributed by atoms with E-state index < -0.39 is 0 Å². The van der Waals surface area contributed by atoms with E-state index in [1.807, 2.05) is 24.4 Å². The van der Waals surface area contributed by atoms with Crippen LogP contribution < -0.4 is 5.32 Å². The number of nitrogens with one attached hydrogen (secondary N) is 2. The minimum atomic E-state index is -0.234. The molecule has 0 amide bonds. The van der Waals surface area contributed by atoms with Crippen molar-refractivity contribution in [2.75, 3.05) is 7.05 Å². The number of H-pyrrole nitrogens is 1. The van der Waals surface area contributed by atoms with Crippen molar-refractivity contribution in [3.63, 3.8) is 0 Å². The molecule has 3 nitrogen and oxygen atoms in total. The van der Waals surface area contributed by atoms with Crippen LogP contribution in [0.4, 0.5) is 0 Å². The third kappa shape index (κ3) is 2.13. The van der Waals surface area contributed by atoms with E-state index in [2.05, 4.69) is 29.0 Å². The SMILES string of the molecule is CN[C@@H](Cc1c[nH]c2ccccc12)C(=O)S. The molecule has 16 heavy (non-hydrogen) atoms. The van der Waals surface area contributed by atoms with Gasteiger partial charge in [-0.3, -0.25) is 4.79 Å². The quantitative estimate of drug-likeness (QED) is 0.706. The van der Waals surface area contributed by atoms with Crippen molar-refractivity contribution >= 4 is 28.6 Å². The molecular weight excluding hydrogens is 220 g/mol. The molecule has 2 rings (SSSR count). The van der Waals surface area contributed by atoms with Crippen LogP contribution in [0.1, 0.15) is 5.56 Å². The van der Waals surface area contributed by atoms with Crippen molar-refractivity contribution in [3.8, 4) is 0 Å². The normalized spacial score (nSPS) is 12.9. The number of hydrogen-bond donors (Lipinski definition) is 3. The summed E-state index contributed by atoms with van der Waals surface area (Å²) in [6.07, 6.45) is 2.61. The van der Waals surface area contributed by atoms with Gasteiger partial charge in [-0.25, -0.2) is 0 Å². The first-order valence-electron chi connectivity index (χ1n) is 5.17. The van der Waals surface area contributed by atoms with Gasteiger partial charge in [0.25, 0.3) is 0 Å². The Morgan fingerprint density at radius 1 is 1.50 bits per heavy atom. The zero-order chi connectivity index (χ0) is 11.5. The molecule has 1 atom stereocenters. The van der Waals surface area contributed by atoms with Crippen LogP contribution in [-0.2, 0) is 11.2 Å². The van der Waals surface area contributed by atoms with E-state index in [1.54, 1.807) is 7.05 Å². The molecule has 84 valence electrons. The smallest absolute Gasteiger partial charge is 0.203 e. The Bertz CT molecular complexity index is 506. The number of likely N-dealkylation sites (N-methyl/N-ethyl adjacent to an activating group) is 1. The van der Waals surface area contributed by atoms with Gasteiger partial charge in [-0.15, -0.1) is 12.6 Å². The van der Waals surface area contributed by atoms with Gasteiger partial charge in [0.05, 0.1) is 6.04 Å². The number of fused-ring (bicyclic) bond motifs is 1. The zero-order valence-corrected chi connectivity index (χ0v) is 9.92. The highest BCUT2D eigenvalue weighted by atomic mass is 32.1. The Kier molecular flexibility index (Phi) is 3.31. The number of para-hydroxylation sites is 1. The van der Waals surface area contributed by atoms with E-state index in [1.165, 1.54) is 0 Å². The van der Waals surface area contributed by atoms with Crippen molar-refractivity contribution < 1.29 is 4.79 Å². The van der Waals surface area contributed by atoms with Crippen molar-refractivity contribution in [3.05, 3.63) is 36.0 Å². The number of aromatic nitrogens is 1. The number of rotatable bonds is 4. The zero-order valence-electron chi connectivity index (χ0n) is 9.03. The van der Waals surface area contributed by atoms with Gasteiger partial charge in [0, 0.05) is 17.1 Å². The van der Waals surface area contributed by atoms with Crippen molar-refractivity contribution in [2.45, 2.75) is 12.5 Å². The van der Waals surface area contributed by atoms with E-state index in [4.69, 9.17) is 0 Å². The lowest BCUT2D eigenvalue weighted by Crippen LogP contribution is -2.33. The topological polar surface area (TPSA) is 44.9 Å². The summed E-state index contributed by atoms with van der Waals surface area (Å²) >= 11 is 3.87. The number of thiol groups is 1. The third-order valence-corrected chi connectivity index (χ3v) is 3.06. The maximum atomic E-state index is 11.2. The summed E-state index contributed by atoms with van der Waals surface area (Å²) in [6.45, 7) is 0. The minimum absolute atomic E-state index is 0.132. The second-order valence-corrected chi connectivity index (χ2v) is 4.18. The van der Waals surface area contributed by atoms with Gasteiger partial charge in [0.1, 0.15) is 0 Å². The molecule has 1 heterocycles. The number of hydrogen-bond acceptors (Lipinski definition) is 2. The van der Waals surface area contributed by atoms with Crippen LogP contribution in [0.3, 0.4) is 0 Å². The Labute approximate surface area is 99.6 Å². The maximum absolute atomic E-state index is 11.2. The predicted octanol–water partition coefficient (Wildman–Crippen LogP) is 1.75. The fourth-order valence-electron chi connectivity index (χ4n) is 1.83. The molecule has 0 radical (unpaired) electrons. The molecule has 1 aromatic heterocycles. The number of carbonyl (C=O) groups is 1. The summed E-state index contributed by atoms with van der Waals surface area (Å²) in [7, 11) is 1.77. The summed E-state index contributed by atoms with van der Waals surface area (Å²) in [5.74, 6) is 0. The monoisotopic (exact) mass is 234 g/mol. The highest BCUT2D eigenvalue weighted by Gasteiger charge is 2.15. The van der Waals surface area contributed by atoms with Crippen molar-refractivity contribution in [1.29, 1.82) is 0 Å². The van der Waals surface area contributed by atoms with Crippen LogP contribution in [0.25, 0.3) is 10.9 Å². The van der Waals surface area contributed by atoms with Gasteiger partial charge in [-0.05, 0) is 25.1 Å². The summed E-state index contributed by atoms with van der Waals surface area (Å²) in [4.78, 5) is 14.4. The molecule has 1 aromatic carbocycles. The summed E-state index contributed by atoms with van der Waals surface area (Å²) in [5, 5.41) is 4.00. The minimum Gasteiger partial charge on any atom is -0.361 e. The van der Waals surface area contributed by atoms with Gasteiger partial charge in [0.15, 0.2) is 0 Å². The van der Waals surface area contributed by atoms with Crippen molar-refractivity contribution in [1.82, 2.24) is 10.3 Å². The lowest BCUT2D eigenvalue weighted by atomic mass is 10.1. The van der Waals surface area contributed by atoms with Gasteiger partial charge in [0.2, 0.25) is 5.12 Å². The van der Waals surface area contributed by atoms with Gasteiger partial charge >= 0.3 is 0 Å². The fraction of sp³-hybridized carbons (Fsp3) is 0.250. The molecule has 0 aliphatic heterocycles. The van der Waals surface area contributed by atoms with E-state index in [0.29, 0.717) is 6.42 Å². The molecule has 0 unspecified atom stereocenters. The van der Waals surface area contributed by atoms with E-state index >= 15 is 0 Å². The van der Waals surface area contributed by atoms with Crippen molar-refractivity contribution in [2.24, 2.45) is 0 Å². The van der Waals surface area contributed by atoms with Crippen LogP contribution in [0.5, 0.6) is 0 Å². The first-order valence-corrected chi connectivity index (χ1v) is 5.62. The highest BCUT2D eigenvalue weighted by molar-refractivity contribution is 7.96. The second kappa shape index (κ2) is 4.72. The van der Waals surface area contributed by atoms with E-state index in [-0.39, 0.29) is 11.2 Å². The average Bonchev–Trinajstić information content (AvgIpc) is 2.69. The van der Waals surface area contributed by atoms with Crippen LogP contribution >= 0.6 is 12.6 Å². The van der Waals surface area contributed by atoms with Crippen LogP contribution in [0.15, 0.2) is 30.5 Å². The van der Waals surface area contributed by atoms with E-state index in [9.17, 15) is 4.79 Å². The molecule has 0 saturated heterocycles. The summed E-state index contributed by atoms with van der Waals surface area (Å²) in [5.41, 5.74) is 2.23. The molecular formula is C12H14N2OS. The average molecular weight is 234 g/mol. The number of aromatic amines is 1. The van der Waals surface area contributed by atoms with Gasteiger partial charge in [-0.2, -0.15) is 0 Å². The summed E-state index contributed by atoms with van der Waals surface area (Å²) < 4.78 is 0. The number of benzene rings is 1. The van der Waals surface area contributed by atoms with E-state index in [0.717, 1.165) is 16.5 Å². The molecule has 0 aliphatic carbocycles. The predicted molar refractivity (Wildman–Crippen MR) is 68.8 cm³/mol. The maximum Gasteiger partial charge on any atom is 0.203 e. The molecule has 0 saturated carbocycles. The third-order valence-electron chi connectivity index (χ3n) is 2.75. The second-order valence-electron chi connectivity index (χ2n) is 3.74. The Morgan fingerprint density at radius 2 is 2.25 bits per heavy atom. The first-order chi connectivity index (χ1) is 7.72. The van der Waals surface area contributed by atoms with Gasteiger partial charge in [-0.1, -0.05) is 18.2 Å². The largest absolute Gasteiger partial charge is 0.361 e. The first kappa shape index (κ1) is 11.2. The van der Waals surface area contributed by atoms with Gasteiger partial charge < -0.3 is 10.3 Å². The summed E-state index contributed by atoms with van der Waals surface area (Å²) in [6, 6.07) is 7.83. The van der Waals surface area contributed by atoms with Crippen LogP contribution in [-0.4, -0.2) is 23.2 Å². The lowest BCUT2D eigenvalue weighted by molar-refractivity contribution is -0.112. The highest BCUT2D eigenvalue weighted by Crippen LogP contribution is 2.19. The molecule has 4 heteroatoms.